The number of aromatic nitrogens is 5. The molecule has 0 aliphatic carbocycles. The molecule has 7 aromatic rings. The first-order chi connectivity index (χ1) is 21.5. The maximum absolute atomic E-state index is 13.7. The van der Waals surface area contributed by atoms with Gasteiger partial charge in [0.05, 0.1) is 28.4 Å². The second-order valence-corrected chi connectivity index (χ2v) is 10.3. The molecule has 1 atom stereocenters. The van der Waals surface area contributed by atoms with E-state index in [4.69, 9.17) is 14.7 Å². The molecule has 4 aromatic carbocycles. The first-order valence-electron chi connectivity index (χ1n) is 14.0. The van der Waals surface area contributed by atoms with E-state index in [9.17, 15) is 14.7 Å². The van der Waals surface area contributed by atoms with Crippen molar-refractivity contribution in [2.75, 3.05) is 0 Å². The fourth-order valence-electron chi connectivity index (χ4n) is 5.27. The van der Waals surface area contributed by atoms with E-state index < -0.39 is 17.9 Å². The lowest BCUT2D eigenvalue weighted by Crippen LogP contribution is -2.43. The molecule has 3 aromatic heterocycles. The first kappa shape index (κ1) is 26.8. The molecule has 1 amide bonds. The van der Waals surface area contributed by atoms with Gasteiger partial charge in [-0.05, 0) is 48.0 Å². The average Bonchev–Trinajstić information content (AvgIpc) is 3.72. The molecule has 0 saturated heterocycles. The molecule has 0 fully saturated rings. The second-order valence-electron chi connectivity index (χ2n) is 10.3. The summed E-state index contributed by atoms with van der Waals surface area (Å²) in [4.78, 5) is 43.6. The standard InChI is InChI=1S/C34H26N6O4/c41-30-15-14-22(31-37-26-11-5-4-10-24(26)32-38-27-12-6-7-13-29(27)40(31)32)16-25(30)33(42)39-28(17-23-18-35-20-36-23)34(43)44-19-21-8-2-1-3-9-21/h1-16,18,20,28,41H,17,19H2,(H,35,36)(H,39,42)/t28-/m0/s1. The van der Waals surface area contributed by atoms with Crippen molar-refractivity contribution in [3.05, 3.63) is 126 Å². The molecule has 0 bridgehead atoms. The van der Waals surface area contributed by atoms with Gasteiger partial charge in [-0.1, -0.05) is 54.6 Å². The zero-order valence-corrected chi connectivity index (χ0v) is 23.3. The van der Waals surface area contributed by atoms with Gasteiger partial charge in [0.15, 0.2) is 0 Å². The summed E-state index contributed by atoms with van der Waals surface area (Å²) in [6.45, 7) is 0.0538. The number of fused-ring (bicyclic) bond motifs is 5. The summed E-state index contributed by atoms with van der Waals surface area (Å²) < 4.78 is 7.50. The predicted molar refractivity (Wildman–Crippen MR) is 165 cm³/mol. The minimum atomic E-state index is -1.04. The third kappa shape index (κ3) is 5.09. The Kier molecular flexibility index (Phi) is 6.91. The molecule has 216 valence electrons. The number of rotatable bonds is 8. The maximum Gasteiger partial charge on any atom is 0.329 e. The van der Waals surface area contributed by atoms with Crippen LogP contribution in [0, 0.1) is 0 Å². The van der Waals surface area contributed by atoms with Gasteiger partial charge in [0.25, 0.3) is 5.91 Å². The Balaban J connectivity index is 1.24. The van der Waals surface area contributed by atoms with Crippen LogP contribution in [0.1, 0.15) is 21.6 Å². The van der Waals surface area contributed by atoms with E-state index in [-0.39, 0.29) is 24.3 Å². The Morgan fingerprint density at radius 3 is 2.50 bits per heavy atom. The summed E-state index contributed by atoms with van der Waals surface area (Å²) in [5, 5.41) is 14.4. The number of amides is 1. The van der Waals surface area contributed by atoms with Crippen molar-refractivity contribution < 1.29 is 19.4 Å². The Labute approximate surface area is 251 Å². The van der Waals surface area contributed by atoms with Crippen LogP contribution in [0.4, 0.5) is 0 Å². The highest BCUT2D eigenvalue weighted by Crippen LogP contribution is 2.31. The van der Waals surface area contributed by atoms with Crippen LogP contribution in [0.5, 0.6) is 5.75 Å². The van der Waals surface area contributed by atoms with Crippen LogP contribution in [0.25, 0.3) is 39.0 Å². The molecule has 44 heavy (non-hydrogen) atoms. The summed E-state index contributed by atoms with van der Waals surface area (Å²) >= 11 is 0. The van der Waals surface area contributed by atoms with E-state index in [1.54, 1.807) is 18.3 Å². The van der Waals surface area contributed by atoms with Gasteiger partial charge < -0.3 is 20.1 Å². The van der Waals surface area contributed by atoms with Crippen LogP contribution in [0.2, 0.25) is 0 Å². The quantitative estimate of drug-likeness (QED) is 0.209. The SMILES string of the molecule is O=C(N[C@@H](Cc1cnc[nH]1)C(=O)OCc1ccccc1)c1cc(-c2nc3ccccc3c3nc4ccccc4n23)ccc1O. The number of H-pyrrole nitrogens is 1. The van der Waals surface area contributed by atoms with Gasteiger partial charge >= 0.3 is 5.97 Å². The van der Waals surface area contributed by atoms with Crippen molar-refractivity contribution in [1.82, 2.24) is 29.7 Å². The normalized spacial score (nSPS) is 12.0. The van der Waals surface area contributed by atoms with E-state index in [1.807, 2.05) is 83.3 Å². The minimum absolute atomic E-state index is 0.0134. The van der Waals surface area contributed by atoms with E-state index in [2.05, 4.69) is 15.3 Å². The van der Waals surface area contributed by atoms with Crippen LogP contribution >= 0.6 is 0 Å². The molecular formula is C34H26N6O4. The minimum Gasteiger partial charge on any atom is -0.507 e. The number of imidazole rings is 2. The highest BCUT2D eigenvalue weighted by atomic mass is 16.5. The average molecular weight is 583 g/mol. The van der Waals surface area contributed by atoms with Crippen molar-refractivity contribution in [2.45, 2.75) is 19.1 Å². The highest BCUT2D eigenvalue weighted by Gasteiger charge is 2.26. The lowest BCUT2D eigenvalue weighted by atomic mass is 10.1. The van der Waals surface area contributed by atoms with Gasteiger partial charge in [-0.25, -0.2) is 19.7 Å². The number of para-hydroxylation sites is 3. The van der Waals surface area contributed by atoms with E-state index >= 15 is 0 Å². The molecule has 10 nitrogen and oxygen atoms in total. The van der Waals surface area contributed by atoms with E-state index in [0.29, 0.717) is 17.1 Å². The zero-order valence-electron chi connectivity index (χ0n) is 23.3. The Hall–Kier alpha value is -6.03. The number of nitrogens with one attached hydrogen (secondary N) is 2. The predicted octanol–water partition coefficient (Wildman–Crippen LogP) is 5.22. The van der Waals surface area contributed by atoms with E-state index in [0.717, 1.165) is 33.1 Å². The van der Waals surface area contributed by atoms with E-state index in [1.165, 1.54) is 12.4 Å². The molecule has 0 radical (unpaired) electrons. The van der Waals surface area contributed by atoms with Crippen LogP contribution in [-0.2, 0) is 22.6 Å². The Bertz CT molecular complexity index is 2140. The van der Waals surface area contributed by atoms with Crippen LogP contribution in [0.15, 0.2) is 110 Å². The number of benzene rings is 4. The molecule has 0 aliphatic rings. The van der Waals surface area contributed by atoms with Crippen molar-refractivity contribution in [3.8, 4) is 17.1 Å². The van der Waals surface area contributed by atoms with Crippen molar-refractivity contribution in [3.63, 3.8) is 0 Å². The van der Waals surface area contributed by atoms with Crippen LogP contribution < -0.4 is 5.32 Å². The third-order valence-electron chi connectivity index (χ3n) is 7.44. The Morgan fingerprint density at radius 1 is 0.909 bits per heavy atom. The number of hydrogen-bond donors (Lipinski definition) is 3. The number of carbonyl (C=O) groups is 2. The fraction of sp³-hybridized carbons (Fsp3) is 0.0882. The van der Waals surface area contributed by atoms with Crippen molar-refractivity contribution in [1.29, 1.82) is 0 Å². The van der Waals surface area contributed by atoms with Gasteiger partial charge in [0.2, 0.25) is 0 Å². The number of ether oxygens (including phenoxy) is 1. The molecule has 0 saturated carbocycles. The number of esters is 1. The van der Waals surface area contributed by atoms with Crippen molar-refractivity contribution >= 4 is 39.5 Å². The number of carbonyl (C=O) groups excluding carboxylic acids is 2. The Morgan fingerprint density at radius 2 is 1.68 bits per heavy atom. The number of aromatic hydroxyl groups is 1. The lowest BCUT2D eigenvalue weighted by molar-refractivity contribution is -0.147. The maximum atomic E-state index is 13.7. The third-order valence-corrected chi connectivity index (χ3v) is 7.44. The first-order valence-corrected chi connectivity index (χ1v) is 14.0. The van der Waals surface area contributed by atoms with Gasteiger partial charge in [-0.15, -0.1) is 0 Å². The molecular weight excluding hydrogens is 556 g/mol. The summed E-state index contributed by atoms with van der Waals surface area (Å²) in [5.41, 5.74) is 5.16. The number of hydrogen-bond acceptors (Lipinski definition) is 7. The molecule has 0 spiro atoms. The molecule has 3 heterocycles. The molecule has 0 aliphatic heterocycles. The summed E-state index contributed by atoms with van der Waals surface area (Å²) in [6, 6.07) is 28.4. The topological polar surface area (TPSA) is 134 Å². The monoisotopic (exact) mass is 582 g/mol. The zero-order chi connectivity index (χ0) is 30.0. The smallest absolute Gasteiger partial charge is 0.329 e. The summed E-state index contributed by atoms with van der Waals surface area (Å²) in [7, 11) is 0. The summed E-state index contributed by atoms with van der Waals surface area (Å²) in [5.74, 6) is -0.942. The van der Waals surface area contributed by atoms with Gasteiger partial charge in [0, 0.05) is 29.3 Å². The number of nitrogens with zero attached hydrogens (tertiary/aromatic N) is 4. The largest absolute Gasteiger partial charge is 0.507 e. The van der Waals surface area contributed by atoms with Gasteiger partial charge in [-0.3, -0.25) is 9.20 Å². The van der Waals surface area contributed by atoms with Crippen LogP contribution in [-0.4, -0.2) is 47.4 Å². The second kappa shape index (κ2) is 11.3. The lowest BCUT2D eigenvalue weighted by Gasteiger charge is -2.18. The fourth-order valence-corrected chi connectivity index (χ4v) is 5.27. The van der Waals surface area contributed by atoms with Crippen molar-refractivity contribution in [2.24, 2.45) is 0 Å². The number of phenols is 1. The van der Waals surface area contributed by atoms with Gasteiger partial charge in [0.1, 0.15) is 29.9 Å². The number of phenolic OH excluding ortho intramolecular Hbond substituents is 1. The number of aromatic amines is 1. The summed E-state index contributed by atoms with van der Waals surface area (Å²) in [6.07, 6.45) is 3.19. The van der Waals surface area contributed by atoms with Crippen LogP contribution in [0.3, 0.4) is 0 Å². The highest BCUT2D eigenvalue weighted by molar-refractivity contribution is 6.01. The molecule has 10 heteroatoms. The molecule has 3 N–H and O–H groups in total. The van der Waals surface area contributed by atoms with Gasteiger partial charge in [-0.2, -0.15) is 0 Å². The molecule has 7 rings (SSSR count). The molecule has 0 unspecified atom stereocenters.